The second-order valence-electron chi connectivity index (χ2n) is 5.50. The Labute approximate surface area is 133 Å². The fourth-order valence-corrected chi connectivity index (χ4v) is 3.61. The SMILES string of the molecule is Cc1cc2ncn(CN(C)Cc3ccc(Cl)s3)c2cc1C. The lowest BCUT2D eigenvalue weighted by atomic mass is 10.1. The number of halogens is 1. The highest BCUT2D eigenvalue weighted by atomic mass is 35.5. The maximum atomic E-state index is 5.98. The Morgan fingerprint density at radius 2 is 2.00 bits per heavy atom. The van der Waals surface area contributed by atoms with Crippen molar-refractivity contribution in [1.82, 2.24) is 14.5 Å². The molecule has 3 nitrogen and oxygen atoms in total. The fraction of sp³-hybridized carbons (Fsp3) is 0.312. The molecule has 0 aliphatic carbocycles. The zero-order valence-electron chi connectivity index (χ0n) is 12.4. The summed E-state index contributed by atoms with van der Waals surface area (Å²) in [5.74, 6) is 0. The predicted molar refractivity (Wildman–Crippen MR) is 90.0 cm³/mol. The molecule has 0 atom stereocenters. The molecule has 3 aromatic rings. The van der Waals surface area contributed by atoms with Gasteiger partial charge in [-0.3, -0.25) is 4.90 Å². The molecule has 0 spiro atoms. The van der Waals surface area contributed by atoms with Gasteiger partial charge in [0.1, 0.15) is 0 Å². The summed E-state index contributed by atoms with van der Waals surface area (Å²) in [5, 5.41) is 0. The molecule has 0 radical (unpaired) electrons. The Kier molecular flexibility index (Phi) is 4.02. The molecule has 21 heavy (non-hydrogen) atoms. The van der Waals surface area contributed by atoms with Gasteiger partial charge in [-0.05, 0) is 56.3 Å². The molecule has 0 saturated carbocycles. The third-order valence-electron chi connectivity index (χ3n) is 3.68. The fourth-order valence-electron chi connectivity index (χ4n) is 2.44. The largest absolute Gasteiger partial charge is 0.317 e. The monoisotopic (exact) mass is 319 g/mol. The zero-order valence-corrected chi connectivity index (χ0v) is 14.0. The van der Waals surface area contributed by atoms with Gasteiger partial charge in [-0.15, -0.1) is 11.3 Å². The van der Waals surface area contributed by atoms with Crippen molar-refractivity contribution in [2.24, 2.45) is 0 Å². The van der Waals surface area contributed by atoms with E-state index >= 15 is 0 Å². The van der Waals surface area contributed by atoms with Crippen LogP contribution in [0.5, 0.6) is 0 Å². The van der Waals surface area contributed by atoms with E-state index < -0.39 is 0 Å². The van der Waals surface area contributed by atoms with Gasteiger partial charge in [0, 0.05) is 11.4 Å². The average molecular weight is 320 g/mol. The number of benzene rings is 1. The van der Waals surface area contributed by atoms with E-state index in [0.717, 1.165) is 23.1 Å². The van der Waals surface area contributed by atoms with Gasteiger partial charge in [-0.25, -0.2) is 4.98 Å². The van der Waals surface area contributed by atoms with Crippen molar-refractivity contribution in [1.29, 1.82) is 0 Å². The van der Waals surface area contributed by atoms with E-state index in [9.17, 15) is 0 Å². The first-order chi connectivity index (χ1) is 10.0. The Morgan fingerprint density at radius 1 is 1.24 bits per heavy atom. The number of imidazole rings is 1. The quantitative estimate of drug-likeness (QED) is 0.708. The van der Waals surface area contributed by atoms with E-state index in [1.807, 2.05) is 12.4 Å². The van der Waals surface area contributed by atoms with E-state index in [1.54, 1.807) is 11.3 Å². The van der Waals surface area contributed by atoms with Crippen LogP contribution >= 0.6 is 22.9 Å². The summed E-state index contributed by atoms with van der Waals surface area (Å²) in [6, 6.07) is 8.41. The van der Waals surface area contributed by atoms with E-state index in [-0.39, 0.29) is 0 Å². The highest BCUT2D eigenvalue weighted by molar-refractivity contribution is 7.16. The number of thiophene rings is 1. The number of rotatable bonds is 4. The van der Waals surface area contributed by atoms with Gasteiger partial charge in [-0.2, -0.15) is 0 Å². The van der Waals surface area contributed by atoms with Crippen molar-refractivity contribution in [3.8, 4) is 0 Å². The molecule has 110 valence electrons. The molecule has 0 amide bonds. The van der Waals surface area contributed by atoms with Gasteiger partial charge in [0.25, 0.3) is 0 Å². The number of aromatic nitrogens is 2. The van der Waals surface area contributed by atoms with Gasteiger partial charge in [0.05, 0.1) is 28.4 Å². The molecule has 0 bridgehead atoms. The van der Waals surface area contributed by atoms with Crippen molar-refractivity contribution >= 4 is 34.0 Å². The number of aryl methyl sites for hydroxylation is 2. The first-order valence-corrected chi connectivity index (χ1v) is 8.07. The molecule has 1 aromatic carbocycles. The molecule has 3 rings (SSSR count). The van der Waals surface area contributed by atoms with Gasteiger partial charge in [0.2, 0.25) is 0 Å². The third-order valence-corrected chi connectivity index (χ3v) is 4.90. The molecule has 0 aliphatic heterocycles. The maximum Gasteiger partial charge on any atom is 0.0969 e. The molecule has 2 heterocycles. The van der Waals surface area contributed by atoms with Crippen molar-refractivity contribution < 1.29 is 0 Å². The summed E-state index contributed by atoms with van der Waals surface area (Å²) >= 11 is 7.62. The van der Waals surface area contributed by atoms with E-state index in [2.05, 4.69) is 53.5 Å². The van der Waals surface area contributed by atoms with Gasteiger partial charge in [0.15, 0.2) is 0 Å². The number of nitrogens with zero attached hydrogens (tertiary/aromatic N) is 3. The zero-order chi connectivity index (χ0) is 15.0. The first-order valence-electron chi connectivity index (χ1n) is 6.88. The van der Waals surface area contributed by atoms with Crippen LogP contribution in [0.4, 0.5) is 0 Å². The van der Waals surface area contributed by atoms with Gasteiger partial charge >= 0.3 is 0 Å². The van der Waals surface area contributed by atoms with Crippen molar-refractivity contribution in [3.05, 3.63) is 50.9 Å². The molecule has 5 heteroatoms. The Morgan fingerprint density at radius 3 is 2.71 bits per heavy atom. The van der Waals surface area contributed by atoms with Crippen LogP contribution in [0.15, 0.2) is 30.6 Å². The Hall–Kier alpha value is -1.36. The normalized spacial score (nSPS) is 11.7. The Balaban J connectivity index is 1.79. The highest BCUT2D eigenvalue weighted by Gasteiger charge is 2.08. The predicted octanol–water partition coefficient (Wildman–Crippen LogP) is 4.46. The number of hydrogen-bond donors (Lipinski definition) is 0. The standard InChI is InChI=1S/C16H18ClN3S/c1-11-6-14-15(7-12(11)2)20(9-18-14)10-19(3)8-13-4-5-16(17)21-13/h4-7,9H,8,10H2,1-3H3. The summed E-state index contributed by atoms with van der Waals surface area (Å²) < 4.78 is 3.04. The van der Waals surface area contributed by atoms with Crippen LogP contribution < -0.4 is 0 Å². The molecular formula is C16H18ClN3S. The van der Waals surface area contributed by atoms with Crippen molar-refractivity contribution in [2.45, 2.75) is 27.1 Å². The molecule has 2 aromatic heterocycles. The van der Waals surface area contributed by atoms with Crippen LogP contribution in [0.1, 0.15) is 16.0 Å². The second-order valence-corrected chi connectivity index (χ2v) is 7.30. The summed E-state index contributed by atoms with van der Waals surface area (Å²) in [5.41, 5.74) is 4.84. The van der Waals surface area contributed by atoms with Crippen molar-refractivity contribution in [3.63, 3.8) is 0 Å². The average Bonchev–Trinajstić information content (AvgIpc) is 2.98. The molecule has 0 unspecified atom stereocenters. The molecule has 0 aliphatic rings. The minimum absolute atomic E-state index is 0.814. The van der Waals surface area contributed by atoms with Gasteiger partial charge in [-0.1, -0.05) is 11.6 Å². The lowest BCUT2D eigenvalue weighted by Crippen LogP contribution is -2.20. The Bertz CT molecular complexity index is 775. The first kappa shape index (κ1) is 14.6. The maximum absolute atomic E-state index is 5.98. The summed E-state index contributed by atoms with van der Waals surface area (Å²) in [6.45, 7) is 5.97. The van der Waals surface area contributed by atoms with E-state index in [1.165, 1.54) is 21.5 Å². The topological polar surface area (TPSA) is 21.1 Å². The lowest BCUT2D eigenvalue weighted by Gasteiger charge is -2.17. The molecule has 0 N–H and O–H groups in total. The summed E-state index contributed by atoms with van der Waals surface area (Å²) in [6.07, 6.45) is 1.92. The lowest BCUT2D eigenvalue weighted by molar-refractivity contribution is 0.266. The highest BCUT2D eigenvalue weighted by Crippen LogP contribution is 2.23. The van der Waals surface area contributed by atoms with E-state index in [4.69, 9.17) is 11.6 Å². The van der Waals surface area contributed by atoms with Crippen LogP contribution in [-0.4, -0.2) is 21.5 Å². The van der Waals surface area contributed by atoms with Crippen LogP contribution in [-0.2, 0) is 13.2 Å². The van der Waals surface area contributed by atoms with E-state index in [0.29, 0.717) is 0 Å². The summed E-state index contributed by atoms with van der Waals surface area (Å²) in [7, 11) is 2.11. The summed E-state index contributed by atoms with van der Waals surface area (Å²) in [4.78, 5) is 8.04. The number of fused-ring (bicyclic) bond motifs is 1. The molecular weight excluding hydrogens is 302 g/mol. The van der Waals surface area contributed by atoms with Crippen molar-refractivity contribution in [2.75, 3.05) is 7.05 Å². The second kappa shape index (κ2) is 5.79. The minimum atomic E-state index is 0.814. The van der Waals surface area contributed by atoms with Crippen LogP contribution in [0.2, 0.25) is 4.34 Å². The number of hydrogen-bond acceptors (Lipinski definition) is 3. The third kappa shape index (κ3) is 3.12. The van der Waals surface area contributed by atoms with Crippen LogP contribution in [0, 0.1) is 13.8 Å². The minimum Gasteiger partial charge on any atom is -0.317 e. The van der Waals surface area contributed by atoms with Gasteiger partial charge < -0.3 is 4.57 Å². The van der Waals surface area contributed by atoms with Crippen LogP contribution in [0.3, 0.4) is 0 Å². The molecule has 0 fully saturated rings. The molecule has 0 saturated heterocycles. The smallest absolute Gasteiger partial charge is 0.0969 e. The van der Waals surface area contributed by atoms with Crippen LogP contribution in [0.25, 0.3) is 11.0 Å².